The van der Waals surface area contributed by atoms with Crippen LogP contribution in [0.1, 0.15) is 12.5 Å². The maximum atomic E-state index is 12.4. The summed E-state index contributed by atoms with van der Waals surface area (Å²) in [5.41, 5.74) is 1.98. The molecular weight excluding hydrogens is 324 g/mol. The molecule has 6 heteroatoms. The van der Waals surface area contributed by atoms with Crippen LogP contribution >= 0.6 is 11.3 Å². The van der Waals surface area contributed by atoms with Gasteiger partial charge in [0.1, 0.15) is 0 Å². The molecule has 0 saturated heterocycles. The summed E-state index contributed by atoms with van der Waals surface area (Å²) in [6.45, 7) is 3.07. The summed E-state index contributed by atoms with van der Waals surface area (Å²) in [4.78, 5) is 17.4. The van der Waals surface area contributed by atoms with Crippen molar-refractivity contribution in [2.45, 2.75) is 19.9 Å². The fraction of sp³-hybridized carbons (Fsp3) is 0.222. The van der Waals surface area contributed by atoms with E-state index in [1.54, 1.807) is 0 Å². The highest BCUT2D eigenvalue weighted by molar-refractivity contribution is 7.16. The fourth-order valence-corrected chi connectivity index (χ4v) is 3.89. The number of benzene rings is 2. The van der Waals surface area contributed by atoms with Crippen LogP contribution in [0.3, 0.4) is 0 Å². The maximum absolute atomic E-state index is 12.4. The summed E-state index contributed by atoms with van der Waals surface area (Å²) in [6.07, 6.45) is 0.245. The number of nitrogens with zero attached hydrogens (tertiary/aromatic N) is 2. The molecule has 0 atom stereocenters. The Morgan fingerprint density at radius 2 is 2.04 bits per heavy atom. The van der Waals surface area contributed by atoms with Gasteiger partial charge >= 0.3 is 0 Å². The molecule has 0 saturated carbocycles. The number of para-hydroxylation sites is 1. The van der Waals surface area contributed by atoms with Crippen LogP contribution in [-0.2, 0) is 17.8 Å². The lowest BCUT2D eigenvalue weighted by atomic mass is 10.1. The minimum absolute atomic E-state index is 0.164. The van der Waals surface area contributed by atoms with Crippen LogP contribution in [0, 0.1) is 0 Å². The van der Waals surface area contributed by atoms with Crippen molar-refractivity contribution in [3.63, 3.8) is 0 Å². The van der Waals surface area contributed by atoms with Crippen molar-refractivity contribution >= 4 is 27.5 Å². The fourth-order valence-electron chi connectivity index (χ4n) is 2.78. The highest BCUT2D eigenvalue weighted by atomic mass is 32.1. The molecule has 2 heterocycles. The molecule has 1 aromatic heterocycles. The molecule has 1 amide bonds. The van der Waals surface area contributed by atoms with Crippen LogP contribution in [0.2, 0.25) is 0 Å². The summed E-state index contributed by atoms with van der Waals surface area (Å²) < 4.78 is 13.8. The summed E-state index contributed by atoms with van der Waals surface area (Å²) >= 11 is 1.54. The topological polar surface area (TPSA) is 52.8 Å². The van der Waals surface area contributed by atoms with Crippen LogP contribution in [0.15, 0.2) is 47.5 Å². The molecule has 0 fully saturated rings. The summed E-state index contributed by atoms with van der Waals surface area (Å²) in [5.74, 6) is 1.24. The number of hydrogen-bond acceptors (Lipinski definition) is 4. The third-order valence-electron chi connectivity index (χ3n) is 3.92. The summed E-state index contributed by atoms with van der Waals surface area (Å²) in [5, 5.41) is 0. The Bertz CT molecular complexity index is 987. The zero-order valence-electron chi connectivity index (χ0n) is 13.2. The van der Waals surface area contributed by atoms with Gasteiger partial charge in [-0.25, -0.2) is 0 Å². The average molecular weight is 340 g/mol. The zero-order chi connectivity index (χ0) is 16.5. The number of fused-ring (bicyclic) bond motifs is 2. The minimum Gasteiger partial charge on any atom is -0.454 e. The van der Waals surface area contributed by atoms with Crippen molar-refractivity contribution in [1.29, 1.82) is 0 Å². The molecule has 0 N–H and O–H groups in total. The smallest absolute Gasteiger partial charge is 0.252 e. The number of hydrogen-bond donors (Lipinski definition) is 0. The Morgan fingerprint density at radius 1 is 1.21 bits per heavy atom. The first-order chi connectivity index (χ1) is 11.7. The molecule has 3 aromatic rings. The van der Waals surface area contributed by atoms with Crippen LogP contribution in [0.25, 0.3) is 10.2 Å². The van der Waals surface area contributed by atoms with E-state index in [0.717, 1.165) is 32.9 Å². The average Bonchev–Trinajstić information content (AvgIpc) is 3.17. The Hall–Kier alpha value is -2.60. The van der Waals surface area contributed by atoms with E-state index in [-0.39, 0.29) is 19.1 Å². The highest BCUT2D eigenvalue weighted by Gasteiger charge is 2.14. The maximum Gasteiger partial charge on any atom is 0.252 e. The largest absolute Gasteiger partial charge is 0.454 e. The molecule has 4 rings (SSSR count). The molecule has 0 aliphatic carbocycles. The lowest BCUT2D eigenvalue weighted by Crippen LogP contribution is -2.16. The first-order valence-electron chi connectivity index (χ1n) is 7.79. The van der Waals surface area contributed by atoms with Crippen molar-refractivity contribution in [3.8, 4) is 11.5 Å². The van der Waals surface area contributed by atoms with Crippen LogP contribution in [0.5, 0.6) is 11.5 Å². The van der Waals surface area contributed by atoms with Gasteiger partial charge in [-0.1, -0.05) is 29.5 Å². The first kappa shape index (κ1) is 15.0. The zero-order valence-corrected chi connectivity index (χ0v) is 14.0. The van der Waals surface area contributed by atoms with Crippen LogP contribution in [-0.4, -0.2) is 17.3 Å². The van der Waals surface area contributed by atoms with E-state index >= 15 is 0 Å². The van der Waals surface area contributed by atoms with Gasteiger partial charge < -0.3 is 14.0 Å². The molecule has 5 nitrogen and oxygen atoms in total. The number of ether oxygens (including phenoxy) is 2. The van der Waals surface area contributed by atoms with E-state index in [1.807, 2.05) is 36.4 Å². The van der Waals surface area contributed by atoms with Gasteiger partial charge in [-0.15, -0.1) is 0 Å². The highest BCUT2D eigenvalue weighted by Crippen LogP contribution is 2.32. The van der Waals surface area contributed by atoms with Crippen molar-refractivity contribution in [2.24, 2.45) is 4.99 Å². The van der Waals surface area contributed by atoms with E-state index in [2.05, 4.69) is 22.5 Å². The van der Waals surface area contributed by atoms with Crippen molar-refractivity contribution in [2.75, 3.05) is 6.79 Å². The summed E-state index contributed by atoms with van der Waals surface area (Å²) in [7, 11) is 0. The lowest BCUT2D eigenvalue weighted by Gasteiger charge is -2.01. The van der Waals surface area contributed by atoms with Gasteiger partial charge in [0, 0.05) is 6.54 Å². The van der Waals surface area contributed by atoms with E-state index in [9.17, 15) is 4.79 Å². The second-order valence-corrected chi connectivity index (χ2v) is 6.48. The van der Waals surface area contributed by atoms with E-state index in [1.165, 1.54) is 11.3 Å². The van der Waals surface area contributed by atoms with Gasteiger partial charge in [-0.2, -0.15) is 4.99 Å². The Labute approximate surface area is 142 Å². The van der Waals surface area contributed by atoms with Gasteiger partial charge in [-0.05, 0) is 36.8 Å². The quantitative estimate of drug-likeness (QED) is 0.736. The molecule has 1 aliphatic rings. The van der Waals surface area contributed by atoms with Crippen molar-refractivity contribution in [3.05, 3.63) is 52.8 Å². The number of carbonyl (C=O) groups excluding carboxylic acids is 1. The molecule has 0 unspecified atom stereocenters. The number of aromatic nitrogens is 1. The Kier molecular flexibility index (Phi) is 3.82. The van der Waals surface area contributed by atoms with Gasteiger partial charge in [-0.3, -0.25) is 4.79 Å². The SMILES string of the molecule is CCn1c(=NC(=O)Cc2ccc3c(c2)OCO3)sc2ccccc21. The third-order valence-corrected chi connectivity index (χ3v) is 4.98. The number of carbonyl (C=O) groups is 1. The standard InChI is InChI=1S/C18H16N2O3S/c1-2-20-13-5-3-4-6-16(13)24-18(20)19-17(21)10-12-7-8-14-15(9-12)23-11-22-14/h3-9H,2,10-11H2,1H3. The van der Waals surface area contributed by atoms with E-state index < -0.39 is 0 Å². The first-order valence-corrected chi connectivity index (χ1v) is 8.60. The molecule has 122 valence electrons. The third kappa shape index (κ3) is 2.69. The second kappa shape index (κ2) is 6.13. The van der Waals surface area contributed by atoms with Crippen molar-refractivity contribution in [1.82, 2.24) is 4.57 Å². The number of rotatable bonds is 3. The van der Waals surface area contributed by atoms with Gasteiger partial charge in [0.15, 0.2) is 16.3 Å². The van der Waals surface area contributed by atoms with E-state index in [4.69, 9.17) is 9.47 Å². The minimum atomic E-state index is -0.164. The predicted octanol–water partition coefficient (Wildman–Crippen LogP) is 3.12. The molecule has 24 heavy (non-hydrogen) atoms. The Morgan fingerprint density at radius 3 is 2.92 bits per heavy atom. The van der Waals surface area contributed by atoms with Gasteiger partial charge in [0.05, 0.1) is 16.6 Å². The molecule has 0 bridgehead atoms. The number of thiazole rings is 1. The molecule has 0 radical (unpaired) electrons. The molecule has 2 aromatic carbocycles. The molecule has 0 spiro atoms. The van der Waals surface area contributed by atoms with Crippen LogP contribution in [0.4, 0.5) is 0 Å². The number of aryl methyl sites for hydroxylation is 1. The predicted molar refractivity (Wildman–Crippen MR) is 92.3 cm³/mol. The second-order valence-electron chi connectivity index (χ2n) is 5.47. The van der Waals surface area contributed by atoms with Gasteiger partial charge in [0.25, 0.3) is 5.91 Å². The normalized spacial score (nSPS) is 13.6. The van der Waals surface area contributed by atoms with E-state index in [0.29, 0.717) is 5.75 Å². The van der Waals surface area contributed by atoms with Crippen LogP contribution < -0.4 is 14.3 Å². The summed E-state index contributed by atoms with van der Waals surface area (Å²) in [6, 6.07) is 13.6. The molecular formula is C18H16N2O3S. The number of amides is 1. The monoisotopic (exact) mass is 340 g/mol. The Balaban J connectivity index is 1.64. The van der Waals surface area contributed by atoms with Gasteiger partial charge in [0.2, 0.25) is 6.79 Å². The molecule has 1 aliphatic heterocycles. The van der Waals surface area contributed by atoms with Crippen molar-refractivity contribution < 1.29 is 14.3 Å². The lowest BCUT2D eigenvalue weighted by molar-refractivity contribution is -0.117.